The Labute approximate surface area is 175 Å². The molecule has 0 aromatic heterocycles. The third-order valence-electron chi connectivity index (χ3n) is 5.76. The van der Waals surface area contributed by atoms with Gasteiger partial charge in [-0.2, -0.15) is 0 Å². The molecule has 3 heteroatoms. The SMILES string of the molecule is C[C@@H](NC/C=C/C(C)(C)CNC(=O)C1CC=CCC1)c1cccc2ccccc12. The number of hydrogen-bond donors (Lipinski definition) is 2. The maximum absolute atomic E-state index is 12.3. The van der Waals surface area contributed by atoms with Gasteiger partial charge in [-0.1, -0.05) is 80.6 Å². The second-order valence-corrected chi connectivity index (χ2v) is 8.79. The van der Waals surface area contributed by atoms with Crippen LogP contribution in [0.3, 0.4) is 0 Å². The summed E-state index contributed by atoms with van der Waals surface area (Å²) >= 11 is 0. The average molecular weight is 391 g/mol. The monoisotopic (exact) mass is 390 g/mol. The zero-order valence-corrected chi connectivity index (χ0v) is 17.9. The van der Waals surface area contributed by atoms with Gasteiger partial charge in [0.2, 0.25) is 5.91 Å². The third kappa shape index (κ3) is 6.04. The quantitative estimate of drug-likeness (QED) is 0.581. The molecule has 1 amide bonds. The molecule has 0 heterocycles. The average Bonchev–Trinajstić information content (AvgIpc) is 2.75. The Morgan fingerprint density at radius 3 is 2.76 bits per heavy atom. The number of nitrogens with one attached hydrogen (secondary N) is 2. The zero-order chi connectivity index (χ0) is 20.7. The number of carbonyl (C=O) groups excluding carboxylic acids is 1. The van der Waals surface area contributed by atoms with Crippen molar-refractivity contribution in [2.45, 2.75) is 46.1 Å². The van der Waals surface area contributed by atoms with E-state index < -0.39 is 0 Å². The molecule has 1 aliphatic rings. The van der Waals surface area contributed by atoms with Crippen molar-refractivity contribution in [3.8, 4) is 0 Å². The van der Waals surface area contributed by atoms with Crippen LogP contribution >= 0.6 is 0 Å². The first kappa shape index (κ1) is 21.3. The smallest absolute Gasteiger partial charge is 0.223 e. The molecule has 2 aromatic rings. The summed E-state index contributed by atoms with van der Waals surface area (Å²) in [6.45, 7) is 8.01. The van der Waals surface area contributed by atoms with E-state index in [1.807, 2.05) is 0 Å². The van der Waals surface area contributed by atoms with Crippen LogP contribution in [0.15, 0.2) is 66.8 Å². The number of carbonyl (C=O) groups is 1. The minimum atomic E-state index is -0.0650. The molecule has 2 atom stereocenters. The molecule has 0 aliphatic heterocycles. The topological polar surface area (TPSA) is 41.1 Å². The summed E-state index contributed by atoms with van der Waals surface area (Å²) in [6.07, 6.45) is 11.5. The molecule has 3 nitrogen and oxygen atoms in total. The second kappa shape index (κ2) is 9.89. The van der Waals surface area contributed by atoms with Crippen LogP contribution in [0, 0.1) is 11.3 Å². The van der Waals surface area contributed by atoms with Gasteiger partial charge in [-0.15, -0.1) is 0 Å². The molecule has 0 spiro atoms. The van der Waals surface area contributed by atoms with E-state index in [0.717, 1.165) is 25.8 Å². The van der Waals surface area contributed by atoms with Gasteiger partial charge in [0, 0.05) is 25.0 Å². The van der Waals surface area contributed by atoms with E-state index in [2.05, 4.69) is 98.2 Å². The molecule has 0 saturated carbocycles. The van der Waals surface area contributed by atoms with Crippen LogP contribution in [-0.2, 0) is 4.79 Å². The van der Waals surface area contributed by atoms with Gasteiger partial charge in [0.05, 0.1) is 0 Å². The fourth-order valence-electron chi connectivity index (χ4n) is 3.91. The minimum Gasteiger partial charge on any atom is -0.355 e. The molecule has 1 aliphatic carbocycles. The molecular formula is C26H34N2O. The molecule has 2 aromatic carbocycles. The van der Waals surface area contributed by atoms with Gasteiger partial charge in [0.15, 0.2) is 0 Å². The van der Waals surface area contributed by atoms with Gasteiger partial charge in [-0.3, -0.25) is 4.79 Å². The van der Waals surface area contributed by atoms with Crippen LogP contribution in [0.25, 0.3) is 10.8 Å². The predicted octanol–water partition coefficient (Wildman–Crippen LogP) is 5.55. The van der Waals surface area contributed by atoms with Crippen LogP contribution < -0.4 is 10.6 Å². The van der Waals surface area contributed by atoms with Crippen LogP contribution in [0.1, 0.15) is 51.6 Å². The Bertz CT molecular complexity index is 876. The summed E-state index contributed by atoms with van der Waals surface area (Å²) < 4.78 is 0. The molecule has 1 unspecified atom stereocenters. The van der Waals surface area contributed by atoms with Crippen molar-refractivity contribution in [2.75, 3.05) is 13.1 Å². The van der Waals surface area contributed by atoms with Crippen molar-refractivity contribution in [3.63, 3.8) is 0 Å². The molecule has 0 radical (unpaired) electrons. The van der Waals surface area contributed by atoms with Crippen molar-refractivity contribution < 1.29 is 4.79 Å². The lowest BCUT2D eigenvalue weighted by Crippen LogP contribution is -2.37. The number of hydrogen-bond acceptors (Lipinski definition) is 2. The molecule has 3 rings (SSSR count). The van der Waals surface area contributed by atoms with Crippen molar-refractivity contribution in [1.82, 2.24) is 10.6 Å². The molecule has 154 valence electrons. The van der Waals surface area contributed by atoms with E-state index in [-0.39, 0.29) is 23.3 Å². The summed E-state index contributed by atoms with van der Waals surface area (Å²) in [5.41, 5.74) is 1.26. The highest BCUT2D eigenvalue weighted by molar-refractivity contribution is 5.86. The number of rotatable bonds is 8. The lowest BCUT2D eigenvalue weighted by atomic mass is 9.90. The maximum atomic E-state index is 12.3. The van der Waals surface area contributed by atoms with Crippen LogP contribution in [0.2, 0.25) is 0 Å². The molecule has 0 fully saturated rings. The van der Waals surface area contributed by atoms with E-state index in [0.29, 0.717) is 6.54 Å². The predicted molar refractivity (Wildman–Crippen MR) is 123 cm³/mol. The molecule has 0 bridgehead atoms. The number of benzene rings is 2. The second-order valence-electron chi connectivity index (χ2n) is 8.79. The fourth-order valence-corrected chi connectivity index (χ4v) is 3.91. The van der Waals surface area contributed by atoms with Crippen molar-refractivity contribution >= 4 is 16.7 Å². The number of fused-ring (bicyclic) bond motifs is 1. The van der Waals surface area contributed by atoms with E-state index in [4.69, 9.17) is 0 Å². The third-order valence-corrected chi connectivity index (χ3v) is 5.76. The van der Waals surface area contributed by atoms with Crippen molar-refractivity contribution in [1.29, 1.82) is 0 Å². The summed E-state index contributed by atoms with van der Waals surface area (Å²) in [5.74, 6) is 0.335. The Balaban J connectivity index is 1.48. The van der Waals surface area contributed by atoms with Crippen molar-refractivity contribution in [3.05, 3.63) is 72.3 Å². The summed E-state index contributed by atoms with van der Waals surface area (Å²) in [6, 6.07) is 15.3. The molecule has 0 saturated heterocycles. The summed E-state index contributed by atoms with van der Waals surface area (Å²) in [5, 5.41) is 9.32. The highest BCUT2D eigenvalue weighted by Gasteiger charge is 2.21. The Morgan fingerprint density at radius 2 is 1.97 bits per heavy atom. The highest BCUT2D eigenvalue weighted by Crippen LogP contribution is 2.24. The standard InChI is InChI=1S/C26H34N2O/c1-20(23-16-9-14-21-11-7-8-15-24(21)23)27-18-10-17-26(2,3)19-28-25(29)22-12-5-4-6-13-22/h4-5,7-11,14-17,20,22,27H,6,12-13,18-19H2,1-3H3,(H,28,29)/b17-10+/t20-,22?/m1/s1. The van der Waals surface area contributed by atoms with Gasteiger partial charge in [0.1, 0.15) is 0 Å². The van der Waals surface area contributed by atoms with Gasteiger partial charge in [-0.25, -0.2) is 0 Å². The Hall–Kier alpha value is -2.39. The largest absolute Gasteiger partial charge is 0.355 e. The van der Waals surface area contributed by atoms with E-state index in [9.17, 15) is 4.79 Å². The summed E-state index contributed by atoms with van der Waals surface area (Å²) in [4.78, 5) is 12.3. The lowest BCUT2D eigenvalue weighted by molar-refractivity contribution is -0.125. The number of amides is 1. The Kier molecular flexibility index (Phi) is 7.27. The maximum Gasteiger partial charge on any atom is 0.223 e. The summed E-state index contributed by atoms with van der Waals surface area (Å²) in [7, 11) is 0. The fraction of sp³-hybridized carbons (Fsp3) is 0.423. The number of allylic oxidation sites excluding steroid dienone is 2. The van der Waals surface area contributed by atoms with Crippen LogP contribution in [-0.4, -0.2) is 19.0 Å². The van der Waals surface area contributed by atoms with Crippen molar-refractivity contribution in [2.24, 2.45) is 11.3 Å². The van der Waals surface area contributed by atoms with Gasteiger partial charge in [-0.05, 0) is 47.9 Å². The first-order valence-corrected chi connectivity index (χ1v) is 10.8. The minimum absolute atomic E-state index is 0.0650. The molecule has 29 heavy (non-hydrogen) atoms. The molecule has 2 N–H and O–H groups in total. The van der Waals surface area contributed by atoms with Gasteiger partial charge >= 0.3 is 0 Å². The highest BCUT2D eigenvalue weighted by atomic mass is 16.1. The van der Waals surface area contributed by atoms with Crippen LogP contribution in [0.4, 0.5) is 0 Å². The van der Waals surface area contributed by atoms with E-state index in [1.54, 1.807) is 0 Å². The first-order chi connectivity index (χ1) is 14.0. The molecular weight excluding hydrogens is 356 g/mol. The van der Waals surface area contributed by atoms with Gasteiger partial charge < -0.3 is 10.6 Å². The van der Waals surface area contributed by atoms with Crippen LogP contribution in [0.5, 0.6) is 0 Å². The van der Waals surface area contributed by atoms with Gasteiger partial charge in [0.25, 0.3) is 0 Å². The van der Waals surface area contributed by atoms with E-state index >= 15 is 0 Å². The van der Waals surface area contributed by atoms with E-state index in [1.165, 1.54) is 16.3 Å². The Morgan fingerprint density at radius 1 is 1.17 bits per heavy atom. The normalized spacial score (nSPS) is 18.2. The zero-order valence-electron chi connectivity index (χ0n) is 17.9. The first-order valence-electron chi connectivity index (χ1n) is 10.8. The lowest BCUT2D eigenvalue weighted by Gasteiger charge is -2.24.